The minimum atomic E-state index is -0.131. The van der Waals surface area contributed by atoms with Gasteiger partial charge in [0.2, 0.25) is 6.41 Å². The van der Waals surface area contributed by atoms with Crippen LogP contribution < -0.4 is 5.73 Å². The molecule has 3 N–H and O–H groups in total. The van der Waals surface area contributed by atoms with E-state index in [4.69, 9.17) is 10.7 Å². The number of pyridine rings is 1. The summed E-state index contributed by atoms with van der Waals surface area (Å²) in [6.07, 6.45) is 11.4. The van der Waals surface area contributed by atoms with Crippen molar-refractivity contribution in [3.8, 4) is 22.6 Å². The van der Waals surface area contributed by atoms with Crippen molar-refractivity contribution >= 4 is 23.7 Å². The van der Waals surface area contributed by atoms with E-state index in [9.17, 15) is 9.59 Å². The van der Waals surface area contributed by atoms with Crippen LogP contribution in [0, 0.1) is 0 Å². The number of carbonyl (C=O) groups is 2. The van der Waals surface area contributed by atoms with Crippen LogP contribution in [0.2, 0.25) is 0 Å². The van der Waals surface area contributed by atoms with Crippen molar-refractivity contribution in [1.29, 1.82) is 0 Å². The van der Waals surface area contributed by atoms with Gasteiger partial charge >= 0.3 is 0 Å². The number of Topliss-reactive ketones (excluding diaryl/α,β-unsaturated/α-hetero) is 1. The Kier molecular flexibility index (Phi) is 4.68. The van der Waals surface area contributed by atoms with E-state index in [0.29, 0.717) is 28.5 Å². The molecule has 2 unspecified atom stereocenters. The maximum atomic E-state index is 12.7. The number of fused-ring (bicyclic) bond motifs is 3. The normalized spacial score (nSPS) is 21.8. The number of aromatic amines is 1. The lowest BCUT2D eigenvalue weighted by molar-refractivity contribution is -0.122. The second-order valence-corrected chi connectivity index (χ2v) is 9.08. The number of imidazole rings is 1. The van der Waals surface area contributed by atoms with Gasteiger partial charge in [0.05, 0.1) is 17.5 Å². The van der Waals surface area contributed by atoms with Crippen LogP contribution in [0.1, 0.15) is 54.6 Å². The molecule has 6 heterocycles. The van der Waals surface area contributed by atoms with Gasteiger partial charge < -0.3 is 15.6 Å². The smallest absolute Gasteiger partial charge is 0.210 e. The van der Waals surface area contributed by atoms with Gasteiger partial charge in [-0.1, -0.05) is 6.07 Å². The van der Waals surface area contributed by atoms with E-state index in [1.54, 1.807) is 24.8 Å². The molecule has 0 aromatic carbocycles. The topological polar surface area (TPSA) is 135 Å². The number of nitrogens with zero attached hydrogens (tertiary/aromatic N) is 6. The lowest BCUT2D eigenvalue weighted by atomic mass is 9.85. The first-order valence-electron chi connectivity index (χ1n) is 11.4. The van der Waals surface area contributed by atoms with Crippen molar-refractivity contribution in [2.24, 2.45) is 0 Å². The van der Waals surface area contributed by atoms with Gasteiger partial charge in [-0.3, -0.25) is 14.6 Å². The summed E-state index contributed by atoms with van der Waals surface area (Å²) in [5.74, 6) is 0.915. The Morgan fingerprint density at radius 1 is 1.18 bits per heavy atom. The number of nitrogen functional groups attached to an aromatic ring is 1. The molecule has 0 spiro atoms. The Balaban J connectivity index is 1.45. The molecule has 10 heteroatoms. The number of nitrogens with one attached hydrogen (secondary N) is 1. The van der Waals surface area contributed by atoms with Crippen LogP contribution in [0.15, 0.2) is 36.9 Å². The molecular formula is C24H24N8O2. The number of piperidine rings is 1. The number of rotatable bonds is 5. The molecule has 0 aliphatic carbocycles. The fourth-order valence-corrected chi connectivity index (χ4v) is 5.60. The summed E-state index contributed by atoms with van der Waals surface area (Å²) in [4.78, 5) is 42.9. The van der Waals surface area contributed by atoms with Gasteiger partial charge in [0.25, 0.3) is 0 Å². The number of carbonyl (C=O) groups excluding carboxylic acids is 2. The van der Waals surface area contributed by atoms with Crippen LogP contribution in [0.4, 0.5) is 5.82 Å². The summed E-state index contributed by atoms with van der Waals surface area (Å²) in [5.41, 5.74) is 10.6. The van der Waals surface area contributed by atoms with E-state index in [2.05, 4.69) is 20.1 Å². The molecular weight excluding hydrogens is 432 g/mol. The van der Waals surface area contributed by atoms with Gasteiger partial charge in [-0.2, -0.15) is 9.61 Å². The van der Waals surface area contributed by atoms with Crippen LogP contribution in [-0.4, -0.2) is 58.7 Å². The number of hydrogen-bond acceptors (Lipinski definition) is 7. The average Bonchev–Trinajstić information content (AvgIpc) is 3.57. The predicted octanol–water partition coefficient (Wildman–Crippen LogP) is 2.83. The fourth-order valence-electron chi connectivity index (χ4n) is 5.60. The summed E-state index contributed by atoms with van der Waals surface area (Å²) in [6.45, 7) is 1.51. The Morgan fingerprint density at radius 3 is 2.59 bits per heavy atom. The standard InChI is InChI=1S/C24H24N8O2/c1-13(34)20-21(15-8-16-3-4-17(9-15)31(16)12-33)30-24-18(11-29-32(24)22(20)25)14-2-5-19(28-10-14)23-26-6-7-27-23/h2,5-7,10-12,15-17H,3-4,8-9,25H2,1H3,(H,26,27)/t15?,16-,17?/m0/s1. The van der Waals surface area contributed by atoms with Crippen LogP contribution in [-0.2, 0) is 4.79 Å². The molecule has 172 valence electrons. The molecule has 6 rings (SSSR count). The Labute approximate surface area is 195 Å². The minimum Gasteiger partial charge on any atom is -0.383 e. The summed E-state index contributed by atoms with van der Waals surface area (Å²) in [5, 5.41) is 4.44. The fraction of sp³-hybridized carbons (Fsp3) is 0.333. The third-order valence-corrected chi connectivity index (χ3v) is 7.18. The lowest BCUT2D eigenvalue weighted by Crippen LogP contribution is -2.41. The summed E-state index contributed by atoms with van der Waals surface area (Å²) in [6, 6.07) is 4.20. The van der Waals surface area contributed by atoms with Crippen LogP contribution in [0.25, 0.3) is 28.3 Å². The van der Waals surface area contributed by atoms with Crippen molar-refractivity contribution in [3.63, 3.8) is 0 Å². The first kappa shape index (κ1) is 20.5. The third kappa shape index (κ3) is 3.09. The van der Waals surface area contributed by atoms with E-state index in [-0.39, 0.29) is 23.8 Å². The van der Waals surface area contributed by atoms with Gasteiger partial charge in [-0.25, -0.2) is 9.97 Å². The first-order chi connectivity index (χ1) is 16.5. The average molecular weight is 457 g/mol. The highest BCUT2D eigenvalue weighted by Gasteiger charge is 2.42. The molecule has 2 fully saturated rings. The van der Waals surface area contributed by atoms with Crippen LogP contribution in [0.5, 0.6) is 0 Å². The van der Waals surface area contributed by atoms with Gasteiger partial charge in [0.1, 0.15) is 11.5 Å². The number of ketones is 1. The van der Waals surface area contributed by atoms with E-state index in [1.165, 1.54) is 11.4 Å². The Bertz CT molecular complexity index is 1380. The van der Waals surface area contributed by atoms with Gasteiger partial charge in [0, 0.05) is 47.7 Å². The van der Waals surface area contributed by atoms with Gasteiger partial charge in [-0.05, 0) is 38.7 Å². The maximum absolute atomic E-state index is 12.7. The quantitative estimate of drug-likeness (QED) is 0.348. The maximum Gasteiger partial charge on any atom is 0.210 e. The molecule has 4 aromatic rings. The monoisotopic (exact) mass is 456 g/mol. The Hall–Kier alpha value is -4.08. The van der Waals surface area contributed by atoms with E-state index in [0.717, 1.165) is 48.9 Å². The molecule has 10 nitrogen and oxygen atoms in total. The molecule has 0 saturated carbocycles. The third-order valence-electron chi connectivity index (χ3n) is 7.18. The van der Waals surface area contributed by atoms with Crippen LogP contribution >= 0.6 is 0 Å². The van der Waals surface area contributed by atoms with Crippen molar-refractivity contribution < 1.29 is 9.59 Å². The predicted molar refractivity (Wildman–Crippen MR) is 125 cm³/mol. The highest BCUT2D eigenvalue weighted by atomic mass is 16.1. The number of amides is 1. The molecule has 34 heavy (non-hydrogen) atoms. The van der Waals surface area contributed by atoms with Crippen LogP contribution in [0.3, 0.4) is 0 Å². The van der Waals surface area contributed by atoms with E-state index < -0.39 is 0 Å². The molecule has 2 saturated heterocycles. The molecule has 0 radical (unpaired) electrons. The van der Waals surface area contributed by atoms with Crippen molar-refractivity contribution in [2.75, 3.05) is 5.73 Å². The highest BCUT2D eigenvalue weighted by molar-refractivity contribution is 6.00. The lowest BCUT2D eigenvalue weighted by Gasteiger charge is -2.36. The van der Waals surface area contributed by atoms with E-state index >= 15 is 0 Å². The zero-order valence-corrected chi connectivity index (χ0v) is 18.7. The Morgan fingerprint density at radius 2 is 1.97 bits per heavy atom. The molecule has 2 bridgehead atoms. The highest BCUT2D eigenvalue weighted by Crippen LogP contribution is 2.43. The summed E-state index contributed by atoms with van der Waals surface area (Å²) >= 11 is 0. The van der Waals surface area contributed by atoms with Crippen molar-refractivity contribution in [1.82, 2.24) is 34.4 Å². The molecule has 4 aromatic heterocycles. The number of aromatic nitrogens is 6. The number of hydrogen-bond donors (Lipinski definition) is 2. The molecule has 1 amide bonds. The second-order valence-electron chi connectivity index (χ2n) is 9.08. The van der Waals surface area contributed by atoms with Crippen molar-refractivity contribution in [2.45, 2.75) is 50.6 Å². The van der Waals surface area contributed by atoms with E-state index in [1.807, 2.05) is 17.0 Å². The van der Waals surface area contributed by atoms with Gasteiger partial charge in [-0.15, -0.1) is 0 Å². The number of H-pyrrole nitrogens is 1. The number of nitrogens with two attached hydrogens (primary N) is 1. The summed E-state index contributed by atoms with van der Waals surface area (Å²) in [7, 11) is 0. The molecule has 2 aliphatic heterocycles. The summed E-state index contributed by atoms with van der Waals surface area (Å²) < 4.78 is 1.53. The zero-order chi connectivity index (χ0) is 23.4. The molecule has 2 aliphatic rings. The zero-order valence-electron chi connectivity index (χ0n) is 18.7. The largest absolute Gasteiger partial charge is 0.383 e. The molecule has 3 atom stereocenters. The second kappa shape index (κ2) is 7.75. The first-order valence-corrected chi connectivity index (χ1v) is 11.4. The minimum absolute atomic E-state index is 0.0575. The van der Waals surface area contributed by atoms with Crippen molar-refractivity contribution in [3.05, 3.63) is 48.2 Å². The SMILES string of the molecule is CC(=O)c1c(C2CC3CC[C@@H](C2)N3C=O)nc2c(-c3ccc(-c4ncc[nH]4)nc3)cnn2c1N. The van der Waals surface area contributed by atoms with Gasteiger partial charge in [0.15, 0.2) is 17.3 Å². The number of anilines is 1.